The molecule has 0 bridgehead atoms. The molecule has 1 atom stereocenters. The summed E-state index contributed by atoms with van der Waals surface area (Å²) in [6, 6.07) is 18.9. The first kappa shape index (κ1) is 14.2. The Morgan fingerprint density at radius 2 is 1.82 bits per heavy atom. The normalized spacial score (nSPS) is 12.0. The van der Waals surface area contributed by atoms with Crippen LogP contribution >= 0.6 is 0 Å². The van der Waals surface area contributed by atoms with Crippen LogP contribution in [-0.2, 0) is 4.79 Å². The number of carbonyl (C=O) groups excluding carboxylic acids is 1. The molecule has 0 saturated heterocycles. The van der Waals surface area contributed by atoms with Crippen LogP contribution in [0.4, 0.5) is 5.69 Å². The average Bonchev–Trinajstić information content (AvgIpc) is 2.56. The highest BCUT2D eigenvalue weighted by molar-refractivity contribution is 6.00. The van der Waals surface area contributed by atoms with Crippen LogP contribution < -0.4 is 11.1 Å². The number of benzene rings is 2. The molecule has 110 valence electrons. The molecule has 0 spiro atoms. The SMILES string of the molecule is NC(CC(=O)Nc1cccc2cccnc12)c1ccccc1. The number of carbonyl (C=O) groups is 1. The zero-order valence-corrected chi connectivity index (χ0v) is 12.1. The number of nitrogens with two attached hydrogens (primary N) is 1. The van der Waals surface area contributed by atoms with Crippen molar-refractivity contribution in [3.05, 3.63) is 72.4 Å². The Balaban J connectivity index is 1.74. The van der Waals surface area contributed by atoms with Crippen molar-refractivity contribution >= 4 is 22.5 Å². The van der Waals surface area contributed by atoms with Crippen LogP contribution in [0.5, 0.6) is 0 Å². The molecule has 3 aromatic rings. The first-order chi connectivity index (χ1) is 10.7. The number of pyridine rings is 1. The van der Waals surface area contributed by atoms with E-state index in [-0.39, 0.29) is 18.4 Å². The Kier molecular flexibility index (Phi) is 4.12. The molecule has 1 heterocycles. The van der Waals surface area contributed by atoms with Crippen LogP contribution in [0.25, 0.3) is 10.9 Å². The maximum absolute atomic E-state index is 12.2. The molecule has 3 N–H and O–H groups in total. The number of fused-ring (bicyclic) bond motifs is 1. The van der Waals surface area contributed by atoms with Crippen LogP contribution in [0.2, 0.25) is 0 Å². The van der Waals surface area contributed by atoms with Gasteiger partial charge in [-0.1, -0.05) is 48.5 Å². The molecular formula is C18H17N3O. The lowest BCUT2D eigenvalue weighted by Gasteiger charge is -2.13. The molecule has 0 saturated carbocycles. The minimum absolute atomic E-state index is 0.116. The first-order valence-corrected chi connectivity index (χ1v) is 7.18. The second-order valence-corrected chi connectivity index (χ2v) is 5.15. The van der Waals surface area contributed by atoms with E-state index in [1.807, 2.05) is 60.7 Å². The molecule has 4 nitrogen and oxygen atoms in total. The van der Waals surface area contributed by atoms with E-state index < -0.39 is 0 Å². The van der Waals surface area contributed by atoms with E-state index in [2.05, 4.69) is 10.3 Å². The molecule has 0 aliphatic heterocycles. The summed E-state index contributed by atoms with van der Waals surface area (Å²) < 4.78 is 0. The highest BCUT2D eigenvalue weighted by Gasteiger charge is 2.12. The van der Waals surface area contributed by atoms with Gasteiger partial charge in [0.15, 0.2) is 0 Å². The minimum atomic E-state index is -0.316. The molecule has 0 aliphatic carbocycles. The Morgan fingerprint density at radius 3 is 2.64 bits per heavy atom. The van der Waals surface area contributed by atoms with Gasteiger partial charge < -0.3 is 11.1 Å². The summed E-state index contributed by atoms with van der Waals surface area (Å²) in [6.07, 6.45) is 1.95. The number of nitrogens with zero attached hydrogens (tertiary/aromatic N) is 1. The van der Waals surface area contributed by atoms with Gasteiger partial charge in [0.25, 0.3) is 0 Å². The Morgan fingerprint density at radius 1 is 1.05 bits per heavy atom. The van der Waals surface area contributed by atoms with Gasteiger partial charge in [0.1, 0.15) is 0 Å². The van der Waals surface area contributed by atoms with Crippen molar-refractivity contribution in [1.29, 1.82) is 0 Å². The number of rotatable bonds is 4. The Labute approximate surface area is 129 Å². The standard InChI is InChI=1S/C18H17N3O/c19-15(13-6-2-1-3-7-13)12-17(22)21-16-10-4-8-14-9-5-11-20-18(14)16/h1-11,15H,12,19H2,(H,21,22). The maximum atomic E-state index is 12.2. The van der Waals surface area contributed by atoms with Crippen molar-refractivity contribution in [1.82, 2.24) is 4.98 Å². The molecular weight excluding hydrogens is 274 g/mol. The highest BCUT2D eigenvalue weighted by atomic mass is 16.1. The molecule has 4 heteroatoms. The number of amides is 1. The van der Waals surface area contributed by atoms with Gasteiger partial charge >= 0.3 is 0 Å². The predicted molar refractivity (Wildman–Crippen MR) is 88.4 cm³/mol. The monoisotopic (exact) mass is 291 g/mol. The van der Waals surface area contributed by atoms with E-state index in [9.17, 15) is 4.79 Å². The van der Waals surface area contributed by atoms with Crippen molar-refractivity contribution in [3.63, 3.8) is 0 Å². The number of aromatic nitrogens is 1. The fourth-order valence-electron chi connectivity index (χ4n) is 2.42. The van der Waals surface area contributed by atoms with Crippen LogP contribution in [0.15, 0.2) is 66.9 Å². The molecule has 0 aliphatic rings. The van der Waals surface area contributed by atoms with Crippen molar-refractivity contribution in [2.45, 2.75) is 12.5 Å². The summed E-state index contributed by atoms with van der Waals surface area (Å²) in [7, 11) is 0. The number of hydrogen-bond donors (Lipinski definition) is 2. The van der Waals surface area contributed by atoms with Crippen LogP contribution in [0.3, 0.4) is 0 Å². The van der Waals surface area contributed by atoms with Gasteiger partial charge in [-0.05, 0) is 17.7 Å². The number of hydrogen-bond acceptors (Lipinski definition) is 3. The van der Waals surface area contributed by atoms with Crippen LogP contribution in [0.1, 0.15) is 18.0 Å². The quantitative estimate of drug-likeness (QED) is 0.775. The summed E-state index contributed by atoms with van der Waals surface area (Å²) in [5.41, 5.74) is 8.53. The van der Waals surface area contributed by atoms with Gasteiger partial charge in [0.2, 0.25) is 5.91 Å². The van der Waals surface area contributed by atoms with Crippen molar-refractivity contribution < 1.29 is 4.79 Å². The molecule has 1 aromatic heterocycles. The zero-order chi connectivity index (χ0) is 15.4. The number of anilines is 1. The van der Waals surface area contributed by atoms with E-state index in [1.54, 1.807) is 6.20 Å². The van der Waals surface area contributed by atoms with Gasteiger partial charge in [0, 0.05) is 24.0 Å². The van der Waals surface area contributed by atoms with E-state index in [1.165, 1.54) is 0 Å². The number of para-hydroxylation sites is 1. The van der Waals surface area contributed by atoms with Gasteiger partial charge in [-0.2, -0.15) is 0 Å². The second kappa shape index (κ2) is 6.37. The van der Waals surface area contributed by atoms with E-state index in [4.69, 9.17) is 5.73 Å². The molecule has 0 radical (unpaired) electrons. The molecule has 0 fully saturated rings. The summed E-state index contributed by atoms with van der Waals surface area (Å²) in [5.74, 6) is -0.116. The second-order valence-electron chi connectivity index (χ2n) is 5.15. The largest absolute Gasteiger partial charge is 0.324 e. The van der Waals surface area contributed by atoms with Gasteiger partial charge in [-0.3, -0.25) is 9.78 Å². The maximum Gasteiger partial charge on any atom is 0.226 e. The van der Waals surface area contributed by atoms with Crippen molar-refractivity contribution in [2.75, 3.05) is 5.32 Å². The van der Waals surface area contributed by atoms with E-state index in [0.717, 1.165) is 16.5 Å². The predicted octanol–water partition coefficient (Wildman–Crippen LogP) is 3.26. The third-order valence-corrected chi connectivity index (χ3v) is 3.54. The molecule has 2 aromatic carbocycles. The van der Waals surface area contributed by atoms with Crippen LogP contribution in [0, 0.1) is 0 Å². The highest BCUT2D eigenvalue weighted by Crippen LogP contribution is 2.21. The lowest BCUT2D eigenvalue weighted by molar-refractivity contribution is -0.116. The van der Waals surface area contributed by atoms with E-state index in [0.29, 0.717) is 5.69 Å². The summed E-state index contributed by atoms with van der Waals surface area (Å²) in [4.78, 5) is 16.5. The average molecular weight is 291 g/mol. The van der Waals surface area contributed by atoms with Gasteiger partial charge in [-0.25, -0.2) is 0 Å². The minimum Gasteiger partial charge on any atom is -0.324 e. The summed E-state index contributed by atoms with van der Waals surface area (Å²) >= 11 is 0. The zero-order valence-electron chi connectivity index (χ0n) is 12.1. The third-order valence-electron chi connectivity index (χ3n) is 3.54. The van der Waals surface area contributed by atoms with Gasteiger partial charge in [-0.15, -0.1) is 0 Å². The summed E-state index contributed by atoms with van der Waals surface area (Å²) in [6.45, 7) is 0. The molecule has 1 unspecified atom stereocenters. The Hall–Kier alpha value is -2.72. The fourth-order valence-corrected chi connectivity index (χ4v) is 2.42. The van der Waals surface area contributed by atoms with Gasteiger partial charge in [0.05, 0.1) is 11.2 Å². The van der Waals surface area contributed by atoms with Crippen LogP contribution in [-0.4, -0.2) is 10.9 Å². The van der Waals surface area contributed by atoms with E-state index >= 15 is 0 Å². The fraction of sp³-hybridized carbons (Fsp3) is 0.111. The molecule has 3 rings (SSSR count). The molecule has 22 heavy (non-hydrogen) atoms. The topological polar surface area (TPSA) is 68.0 Å². The summed E-state index contributed by atoms with van der Waals surface area (Å²) in [5, 5.41) is 3.90. The lowest BCUT2D eigenvalue weighted by Crippen LogP contribution is -2.20. The third kappa shape index (κ3) is 3.13. The number of nitrogens with one attached hydrogen (secondary N) is 1. The smallest absolute Gasteiger partial charge is 0.226 e. The molecule has 1 amide bonds. The van der Waals surface area contributed by atoms with Crippen molar-refractivity contribution in [3.8, 4) is 0 Å². The first-order valence-electron chi connectivity index (χ1n) is 7.18. The Bertz CT molecular complexity index is 781. The lowest BCUT2D eigenvalue weighted by atomic mass is 10.0. The van der Waals surface area contributed by atoms with Crippen molar-refractivity contribution in [2.24, 2.45) is 5.73 Å².